The van der Waals surface area contributed by atoms with Gasteiger partial charge in [-0.2, -0.15) is 13.5 Å². The molecule has 0 aliphatic carbocycles. The maximum atomic E-state index is 11.3. The summed E-state index contributed by atoms with van der Waals surface area (Å²) in [5.74, 6) is -0.887. The molecule has 0 atom stereocenters. The monoisotopic (exact) mass is 320 g/mol. The summed E-state index contributed by atoms with van der Waals surface area (Å²) < 4.78 is 0. The highest BCUT2D eigenvalue weighted by atomic mass is 32.1. The number of carbonyl (C=O) groups is 2. The third-order valence-electron chi connectivity index (χ3n) is 3.20. The summed E-state index contributed by atoms with van der Waals surface area (Å²) in [4.78, 5) is 31.6. The van der Waals surface area contributed by atoms with Gasteiger partial charge in [-0.15, -0.1) is 0 Å². The average Bonchev–Trinajstić information content (AvgIpc) is 2.44. The molecule has 0 radical (unpaired) electrons. The van der Waals surface area contributed by atoms with Crippen molar-refractivity contribution in [2.75, 3.05) is 0 Å². The van der Waals surface area contributed by atoms with Crippen LogP contribution in [0.5, 0.6) is 0 Å². The van der Waals surface area contributed by atoms with Gasteiger partial charge in [-0.25, -0.2) is 19.4 Å². The molecule has 0 aromatic heterocycles. The van der Waals surface area contributed by atoms with Crippen LogP contribution in [0.25, 0.3) is 0 Å². The number of hydrogen-bond donors (Lipinski definition) is 0. The van der Waals surface area contributed by atoms with Gasteiger partial charge in [0.2, 0.25) is 0 Å². The molecule has 0 unspecified atom stereocenters. The second kappa shape index (κ2) is 17.3. The van der Waals surface area contributed by atoms with Crippen LogP contribution in [-0.2, 0) is 19.4 Å². The van der Waals surface area contributed by atoms with Gasteiger partial charge in [0, 0.05) is 0 Å². The van der Waals surface area contributed by atoms with Crippen molar-refractivity contribution in [3.8, 4) is 0 Å². The van der Waals surface area contributed by atoms with Gasteiger partial charge in [0.1, 0.15) is 0 Å². The third-order valence-corrected chi connectivity index (χ3v) is 3.20. The van der Waals surface area contributed by atoms with Crippen molar-refractivity contribution in [2.24, 2.45) is 0 Å². The fourth-order valence-corrected chi connectivity index (χ4v) is 1.92. The van der Waals surface area contributed by atoms with Gasteiger partial charge in [-0.05, 0) is 12.8 Å². The quantitative estimate of drug-likeness (QED) is 0.294. The van der Waals surface area contributed by atoms with E-state index in [0.717, 1.165) is 38.5 Å². The Kier molecular flexibility index (Phi) is 18.6. The zero-order chi connectivity index (χ0) is 15.1. The van der Waals surface area contributed by atoms with Crippen molar-refractivity contribution in [3.63, 3.8) is 0 Å². The first-order valence-electron chi connectivity index (χ1n) is 8.10. The van der Waals surface area contributed by atoms with E-state index in [0.29, 0.717) is 12.8 Å². The van der Waals surface area contributed by atoms with Crippen molar-refractivity contribution >= 4 is 25.4 Å². The average molecular weight is 320 g/mol. The molecular weight excluding hydrogens is 288 g/mol. The molecule has 0 bridgehead atoms. The molecule has 0 fully saturated rings. The fraction of sp³-hybridized carbons (Fsp3) is 0.875. The van der Waals surface area contributed by atoms with Crippen molar-refractivity contribution in [1.29, 1.82) is 0 Å². The zero-order valence-corrected chi connectivity index (χ0v) is 14.6. The minimum atomic E-state index is -0.444. The molecule has 0 aliphatic rings. The van der Waals surface area contributed by atoms with Gasteiger partial charge >= 0.3 is 11.9 Å². The van der Waals surface area contributed by atoms with Crippen LogP contribution in [0.4, 0.5) is 0 Å². The molecule has 0 spiro atoms. The fourth-order valence-electron chi connectivity index (χ4n) is 1.92. The van der Waals surface area contributed by atoms with Crippen molar-refractivity contribution in [2.45, 2.75) is 90.9 Å². The first-order valence-corrected chi connectivity index (χ1v) is 8.10. The van der Waals surface area contributed by atoms with Gasteiger partial charge in [-0.3, -0.25) is 0 Å². The van der Waals surface area contributed by atoms with E-state index in [9.17, 15) is 9.59 Å². The largest absolute Gasteiger partial charge is 0.355 e. The van der Waals surface area contributed by atoms with E-state index in [-0.39, 0.29) is 13.5 Å². The highest BCUT2D eigenvalue weighted by molar-refractivity contribution is 7.59. The Hall–Kier alpha value is -0.710. The second-order valence-electron chi connectivity index (χ2n) is 5.24. The van der Waals surface area contributed by atoms with Crippen LogP contribution in [0.2, 0.25) is 0 Å². The summed E-state index contributed by atoms with van der Waals surface area (Å²) in [6.45, 7) is 4.30. The maximum absolute atomic E-state index is 11.3. The first kappa shape index (κ1) is 22.6. The minimum absolute atomic E-state index is 0. The van der Waals surface area contributed by atoms with Crippen LogP contribution in [0.15, 0.2) is 0 Å². The number of hydrogen-bond acceptors (Lipinski definition) is 4. The lowest BCUT2D eigenvalue weighted by Crippen LogP contribution is -2.11. The van der Waals surface area contributed by atoms with Gasteiger partial charge in [0.05, 0.1) is 12.8 Å². The number of carbonyl (C=O) groups excluding carboxylic acids is 2. The molecule has 0 N–H and O–H groups in total. The normalized spacial score (nSPS) is 9.81. The molecule has 21 heavy (non-hydrogen) atoms. The number of unbranched alkanes of at least 4 members (excludes halogenated alkanes) is 8. The first-order chi connectivity index (χ1) is 9.70. The predicted molar refractivity (Wildman–Crippen MR) is 89.3 cm³/mol. The molecule has 0 amide bonds. The summed E-state index contributed by atoms with van der Waals surface area (Å²) in [5.41, 5.74) is 0. The lowest BCUT2D eigenvalue weighted by Gasteiger charge is -2.03. The highest BCUT2D eigenvalue weighted by Gasteiger charge is 2.09. The molecule has 0 aliphatic heterocycles. The second-order valence-corrected chi connectivity index (χ2v) is 5.24. The van der Waals surface area contributed by atoms with E-state index in [2.05, 4.69) is 23.6 Å². The molecule has 0 heterocycles. The van der Waals surface area contributed by atoms with Crippen molar-refractivity contribution in [1.82, 2.24) is 0 Å². The Morgan fingerprint density at radius 2 is 0.952 bits per heavy atom. The van der Waals surface area contributed by atoms with E-state index >= 15 is 0 Å². The van der Waals surface area contributed by atoms with Gasteiger partial charge in [0.15, 0.2) is 0 Å². The van der Waals surface area contributed by atoms with Crippen LogP contribution < -0.4 is 0 Å². The summed E-state index contributed by atoms with van der Waals surface area (Å²) in [6, 6.07) is 0. The summed E-state index contributed by atoms with van der Waals surface area (Å²) in [6.07, 6.45) is 11.3. The molecule has 0 saturated carbocycles. The Balaban J connectivity index is 0. The maximum Gasteiger partial charge on any atom is 0.355 e. The topological polar surface area (TPSA) is 52.6 Å². The summed E-state index contributed by atoms with van der Waals surface area (Å²) in [7, 11) is 0. The third kappa shape index (κ3) is 17.2. The van der Waals surface area contributed by atoms with E-state index < -0.39 is 11.9 Å². The highest BCUT2D eigenvalue weighted by Crippen LogP contribution is 2.07. The molecule has 0 saturated heterocycles. The summed E-state index contributed by atoms with van der Waals surface area (Å²) in [5, 5.41) is 0. The van der Waals surface area contributed by atoms with Crippen molar-refractivity contribution in [3.05, 3.63) is 0 Å². The van der Waals surface area contributed by atoms with E-state index in [1.807, 2.05) is 0 Å². The van der Waals surface area contributed by atoms with E-state index in [1.165, 1.54) is 25.7 Å². The zero-order valence-electron chi connectivity index (χ0n) is 13.6. The van der Waals surface area contributed by atoms with Crippen LogP contribution in [0, 0.1) is 0 Å². The molecule has 4 nitrogen and oxygen atoms in total. The van der Waals surface area contributed by atoms with Crippen LogP contribution in [0.1, 0.15) is 90.9 Å². The Bertz CT molecular complexity index is 231. The molecule has 0 aromatic carbocycles. The standard InChI is InChI=1S/C16H30O4.H2S/c1-3-5-7-9-11-13-15(17)19-20-16(18)14-12-10-8-6-4-2;/h3-14H2,1-2H3;1H2. The Morgan fingerprint density at radius 1 is 0.619 bits per heavy atom. The Labute approximate surface area is 136 Å². The SMILES string of the molecule is CCCCCCCC(=O)OOC(=O)CCCCCCC.S. The van der Waals surface area contributed by atoms with Crippen molar-refractivity contribution < 1.29 is 19.4 Å². The molecule has 0 aromatic rings. The van der Waals surface area contributed by atoms with E-state index in [1.54, 1.807) is 0 Å². The minimum Gasteiger partial charge on any atom is -0.247 e. The van der Waals surface area contributed by atoms with Gasteiger partial charge in [-0.1, -0.05) is 65.2 Å². The van der Waals surface area contributed by atoms with E-state index in [4.69, 9.17) is 0 Å². The van der Waals surface area contributed by atoms with Crippen LogP contribution in [0.3, 0.4) is 0 Å². The molecule has 0 rings (SSSR count). The lowest BCUT2D eigenvalue weighted by molar-refractivity contribution is -0.259. The summed E-state index contributed by atoms with van der Waals surface area (Å²) >= 11 is 0. The number of rotatable bonds is 12. The molecule has 5 heteroatoms. The van der Waals surface area contributed by atoms with Crippen LogP contribution in [-0.4, -0.2) is 11.9 Å². The smallest absolute Gasteiger partial charge is 0.247 e. The predicted octanol–water partition coefficient (Wildman–Crippen LogP) is 4.82. The van der Waals surface area contributed by atoms with Gasteiger partial charge < -0.3 is 0 Å². The van der Waals surface area contributed by atoms with Gasteiger partial charge in [0.25, 0.3) is 0 Å². The Morgan fingerprint density at radius 3 is 1.29 bits per heavy atom. The molecule has 126 valence electrons. The lowest BCUT2D eigenvalue weighted by atomic mass is 10.1. The van der Waals surface area contributed by atoms with Crippen LogP contribution >= 0.6 is 13.5 Å². The molecular formula is C16H32O4S.